The molecule has 1 unspecified atom stereocenters. The average molecular weight is 353 g/mol. The Hall–Kier alpha value is -1.76. The van der Waals surface area contributed by atoms with Crippen LogP contribution >= 0.6 is 15.9 Å². The zero-order chi connectivity index (χ0) is 15.0. The number of furan rings is 1. The van der Waals surface area contributed by atoms with Crippen LogP contribution in [0.4, 0.5) is 8.78 Å². The lowest BCUT2D eigenvalue weighted by Crippen LogP contribution is -2.28. The van der Waals surface area contributed by atoms with E-state index in [-0.39, 0.29) is 11.6 Å². The van der Waals surface area contributed by atoms with Crippen LogP contribution in [0.2, 0.25) is 0 Å². The highest BCUT2D eigenvalue weighted by molar-refractivity contribution is 9.10. The molecule has 108 valence electrons. The van der Waals surface area contributed by atoms with Gasteiger partial charge in [0.25, 0.3) is 0 Å². The lowest BCUT2D eigenvalue weighted by molar-refractivity contribution is 0.476. The van der Waals surface area contributed by atoms with Crippen LogP contribution in [0.5, 0.6) is 0 Å². The molecular weight excluding hydrogens is 342 g/mol. The first-order chi connectivity index (χ1) is 10.1. The zero-order valence-corrected chi connectivity index (χ0v) is 12.3. The summed E-state index contributed by atoms with van der Waals surface area (Å²) in [6.45, 7) is 0. The molecule has 1 atom stereocenters. The minimum Gasteiger partial charge on any atom is -0.459 e. The van der Waals surface area contributed by atoms with Crippen molar-refractivity contribution in [1.82, 2.24) is 5.43 Å². The molecule has 0 aliphatic rings. The standard InChI is InChI=1S/C15H11BrF2N2O/c16-11-6-8(1-3-12(11)18)15(20-19)14-7-9-5-10(17)2-4-13(9)21-14/h1-7,15,20H,19H2. The van der Waals surface area contributed by atoms with E-state index in [0.717, 1.165) is 5.56 Å². The molecule has 0 bridgehead atoms. The molecule has 0 spiro atoms. The Bertz CT molecular complexity index is 803. The summed E-state index contributed by atoms with van der Waals surface area (Å²) in [7, 11) is 0. The summed E-state index contributed by atoms with van der Waals surface area (Å²) in [4.78, 5) is 0. The first kappa shape index (κ1) is 14.2. The van der Waals surface area contributed by atoms with Gasteiger partial charge in [-0.3, -0.25) is 5.84 Å². The van der Waals surface area contributed by atoms with Crippen LogP contribution in [0.25, 0.3) is 11.0 Å². The molecule has 3 nitrogen and oxygen atoms in total. The molecule has 0 amide bonds. The van der Waals surface area contributed by atoms with Crippen LogP contribution < -0.4 is 11.3 Å². The van der Waals surface area contributed by atoms with Gasteiger partial charge in [0.15, 0.2) is 0 Å². The van der Waals surface area contributed by atoms with Crippen LogP contribution in [0.15, 0.2) is 51.4 Å². The lowest BCUT2D eigenvalue weighted by Gasteiger charge is -2.14. The van der Waals surface area contributed by atoms with Gasteiger partial charge < -0.3 is 4.42 Å². The second-order valence-electron chi connectivity index (χ2n) is 4.60. The van der Waals surface area contributed by atoms with Gasteiger partial charge in [-0.15, -0.1) is 0 Å². The molecule has 0 radical (unpaired) electrons. The number of hydrazine groups is 1. The highest BCUT2D eigenvalue weighted by Crippen LogP contribution is 2.30. The number of fused-ring (bicyclic) bond motifs is 1. The van der Waals surface area contributed by atoms with E-state index in [9.17, 15) is 8.78 Å². The average Bonchev–Trinajstić information content (AvgIpc) is 2.86. The number of hydrogen-bond donors (Lipinski definition) is 2. The molecule has 0 aliphatic heterocycles. The van der Waals surface area contributed by atoms with E-state index >= 15 is 0 Å². The van der Waals surface area contributed by atoms with Gasteiger partial charge in [-0.25, -0.2) is 14.2 Å². The zero-order valence-electron chi connectivity index (χ0n) is 10.7. The number of rotatable bonds is 3. The fraction of sp³-hybridized carbons (Fsp3) is 0.0667. The fourth-order valence-electron chi connectivity index (χ4n) is 2.21. The second kappa shape index (κ2) is 5.55. The molecule has 3 N–H and O–H groups in total. The number of benzene rings is 2. The molecule has 21 heavy (non-hydrogen) atoms. The minimum atomic E-state index is -0.461. The topological polar surface area (TPSA) is 51.2 Å². The SMILES string of the molecule is NNC(c1ccc(F)c(Br)c1)c1cc2cc(F)ccc2o1. The summed E-state index contributed by atoms with van der Waals surface area (Å²) in [6.07, 6.45) is 0. The van der Waals surface area contributed by atoms with E-state index < -0.39 is 6.04 Å². The third-order valence-corrected chi connectivity index (χ3v) is 3.83. The summed E-state index contributed by atoms with van der Waals surface area (Å²) in [5, 5.41) is 0.645. The minimum absolute atomic E-state index is 0.336. The second-order valence-corrected chi connectivity index (χ2v) is 5.46. The summed E-state index contributed by atoms with van der Waals surface area (Å²) >= 11 is 3.14. The Morgan fingerprint density at radius 3 is 2.62 bits per heavy atom. The van der Waals surface area contributed by atoms with E-state index in [1.807, 2.05) is 0 Å². The molecule has 3 aromatic rings. The number of hydrogen-bond acceptors (Lipinski definition) is 3. The Morgan fingerprint density at radius 1 is 1.10 bits per heavy atom. The highest BCUT2D eigenvalue weighted by Gasteiger charge is 2.18. The van der Waals surface area contributed by atoms with E-state index in [0.29, 0.717) is 21.2 Å². The largest absolute Gasteiger partial charge is 0.459 e. The Kier molecular flexibility index (Phi) is 3.75. The lowest BCUT2D eigenvalue weighted by atomic mass is 10.0. The smallest absolute Gasteiger partial charge is 0.137 e. The van der Waals surface area contributed by atoms with Crippen molar-refractivity contribution in [3.63, 3.8) is 0 Å². The molecule has 2 aromatic carbocycles. The maximum absolute atomic E-state index is 13.3. The monoisotopic (exact) mass is 352 g/mol. The molecule has 0 aliphatic carbocycles. The Morgan fingerprint density at radius 2 is 1.90 bits per heavy atom. The maximum atomic E-state index is 13.3. The van der Waals surface area contributed by atoms with Gasteiger partial charge in [-0.05, 0) is 57.9 Å². The van der Waals surface area contributed by atoms with Crippen molar-refractivity contribution in [3.8, 4) is 0 Å². The van der Waals surface area contributed by atoms with E-state index in [1.165, 1.54) is 18.2 Å². The van der Waals surface area contributed by atoms with Gasteiger partial charge in [-0.2, -0.15) is 0 Å². The third kappa shape index (κ3) is 2.70. The van der Waals surface area contributed by atoms with Crippen molar-refractivity contribution in [2.24, 2.45) is 5.84 Å². The maximum Gasteiger partial charge on any atom is 0.137 e. The van der Waals surface area contributed by atoms with Gasteiger partial charge in [0.05, 0.1) is 4.47 Å². The number of nitrogens with one attached hydrogen (secondary N) is 1. The van der Waals surface area contributed by atoms with Crippen LogP contribution in [0.3, 0.4) is 0 Å². The van der Waals surface area contributed by atoms with Crippen molar-refractivity contribution < 1.29 is 13.2 Å². The summed E-state index contributed by atoms with van der Waals surface area (Å²) in [5.41, 5.74) is 3.92. The van der Waals surface area contributed by atoms with E-state index in [1.54, 1.807) is 24.3 Å². The molecule has 1 aromatic heterocycles. The predicted octanol–water partition coefficient (Wildman–Crippen LogP) is 4.03. The van der Waals surface area contributed by atoms with Crippen LogP contribution in [0, 0.1) is 11.6 Å². The summed E-state index contributed by atoms with van der Waals surface area (Å²) in [5.74, 6) is 5.41. The number of halogens is 3. The van der Waals surface area contributed by atoms with Gasteiger partial charge in [0.2, 0.25) is 0 Å². The van der Waals surface area contributed by atoms with Crippen molar-refractivity contribution in [3.05, 3.63) is 69.9 Å². The van der Waals surface area contributed by atoms with Gasteiger partial charge >= 0.3 is 0 Å². The molecule has 0 saturated heterocycles. The Balaban J connectivity index is 2.06. The van der Waals surface area contributed by atoms with Gasteiger partial charge in [0.1, 0.15) is 29.0 Å². The normalized spacial score (nSPS) is 12.8. The van der Waals surface area contributed by atoms with E-state index in [4.69, 9.17) is 10.3 Å². The highest BCUT2D eigenvalue weighted by atomic mass is 79.9. The van der Waals surface area contributed by atoms with E-state index in [2.05, 4.69) is 21.4 Å². The quantitative estimate of drug-likeness (QED) is 0.552. The van der Waals surface area contributed by atoms with Crippen molar-refractivity contribution in [2.45, 2.75) is 6.04 Å². The third-order valence-electron chi connectivity index (χ3n) is 3.23. The molecule has 0 saturated carbocycles. The summed E-state index contributed by atoms with van der Waals surface area (Å²) in [6, 6.07) is 10.1. The predicted molar refractivity (Wildman–Crippen MR) is 79.4 cm³/mol. The number of nitrogens with two attached hydrogens (primary N) is 1. The van der Waals surface area contributed by atoms with Crippen LogP contribution in [0.1, 0.15) is 17.4 Å². The fourth-order valence-corrected chi connectivity index (χ4v) is 2.61. The van der Waals surface area contributed by atoms with Crippen LogP contribution in [-0.4, -0.2) is 0 Å². The first-order valence-corrected chi connectivity index (χ1v) is 6.98. The molecule has 0 fully saturated rings. The molecular formula is C15H11BrF2N2O. The van der Waals surface area contributed by atoms with Crippen molar-refractivity contribution >= 4 is 26.9 Å². The van der Waals surface area contributed by atoms with Gasteiger partial charge in [0, 0.05) is 5.39 Å². The van der Waals surface area contributed by atoms with Crippen LogP contribution in [-0.2, 0) is 0 Å². The molecule has 1 heterocycles. The van der Waals surface area contributed by atoms with Crippen molar-refractivity contribution in [1.29, 1.82) is 0 Å². The molecule has 3 rings (SSSR count). The Labute approximate surface area is 127 Å². The van der Waals surface area contributed by atoms with Crippen molar-refractivity contribution in [2.75, 3.05) is 0 Å². The molecule has 6 heteroatoms. The van der Waals surface area contributed by atoms with Gasteiger partial charge in [-0.1, -0.05) is 6.07 Å². The summed E-state index contributed by atoms with van der Waals surface area (Å²) < 4.78 is 32.6. The first-order valence-electron chi connectivity index (χ1n) is 6.18.